The Labute approximate surface area is 211 Å². The molecule has 11 nitrogen and oxygen atoms in total. The number of ether oxygens (including phenoxy) is 2. The maximum Gasteiger partial charge on any atom is 0.315 e. The summed E-state index contributed by atoms with van der Waals surface area (Å²) in [5, 5.41) is 31.2. The predicted octanol–water partition coefficient (Wildman–Crippen LogP) is -0.375. The monoisotopic (exact) mass is 554 g/mol. The number of likely N-dealkylation sites (N-methyl/N-ethyl adjacent to an activating group) is 1. The first-order valence-corrected chi connectivity index (χ1v) is 11.1. The van der Waals surface area contributed by atoms with Gasteiger partial charge in [-0.1, -0.05) is 15.9 Å². The lowest BCUT2D eigenvalue weighted by Gasteiger charge is -2.28. The fraction of sp³-hybridized carbons (Fsp3) is 0.391. The number of aliphatic hydroxyl groups is 1. The molecule has 1 heterocycles. The molecule has 0 aliphatic heterocycles. The molecule has 2 rings (SSSR count). The first-order chi connectivity index (χ1) is 16.3. The van der Waals surface area contributed by atoms with Crippen LogP contribution in [0.1, 0.15) is 30.1 Å². The fourth-order valence-corrected chi connectivity index (χ4v) is 3.10. The quantitative estimate of drug-likeness (QED) is 0.286. The Hall–Kier alpha value is -3.22. The largest absolute Gasteiger partial charge is 0.550 e. The number of carboxylic acid groups (broad SMARTS) is 2. The molecule has 0 fully saturated rings. The van der Waals surface area contributed by atoms with Gasteiger partial charge in [-0.05, 0) is 45.3 Å². The van der Waals surface area contributed by atoms with Crippen molar-refractivity contribution in [3.63, 3.8) is 0 Å². The maximum atomic E-state index is 11.9. The number of halogens is 1. The van der Waals surface area contributed by atoms with Crippen molar-refractivity contribution >= 4 is 40.1 Å². The number of carbonyl (C=O) groups is 4. The summed E-state index contributed by atoms with van der Waals surface area (Å²) in [4.78, 5) is 45.7. The SMILES string of the molecule is CC(Cn1cccc1OC(=O)CC(O)(CC(=O)[O-])C(=O)[O-])N(C)C.COc1ccc(Br)cc1C=O. The van der Waals surface area contributed by atoms with Gasteiger partial charge < -0.3 is 43.8 Å². The lowest BCUT2D eigenvalue weighted by Crippen LogP contribution is -2.53. The van der Waals surface area contributed by atoms with Crippen molar-refractivity contribution in [3.8, 4) is 11.6 Å². The Kier molecular flexibility index (Phi) is 11.6. The third-order valence-corrected chi connectivity index (χ3v) is 5.41. The van der Waals surface area contributed by atoms with Crippen LogP contribution >= 0.6 is 15.9 Å². The van der Waals surface area contributed by atoms with Crippen LogP contribution in [0.15, 0.2) is 41.0 Å². The molecular weight excluding hydrogens is 528 g/mol. The van der Waals surface area contributed by atoms with Crippen molar-refractivity contribution in [2.24, 2.45) is 0 Å². The molecule has 192 valence electrons. The first-order valence-electron chi connectivity index (χ1n) is 10.3. The summed E-state index contributed by atoms with van der Waals surface area (Å²) in [5.41, 5.74) is -2.33. The van der Waals surface area contributed by atoms with Gasteiger partial charge in [0.2, 0.25) is 5.88 Å². The Morgan fingerprint density at radius 2 is 1.89 bits per heavy atom. The molecule has 1 aromatic carbocycles. The molecule has 0 saturated carbocycles. The molecule has 0 aliphatic rings. The molecule has 1 N–H and O–H groups in total. The van der Waals surface area contributed by atoms with Gasteiger partial charge in [-0.15, -0.1) is 0 Å². The van der Waals surface area contributed by atoms with Crippen molar-refractivity contribution in [2.45, 2.75) is 38.0 Å². The second kappa shape index (κ2) is 13.6. The molecule has 0 bridgehead atoms. The summed E-state index contributed by atoms with van der Waals surface area (Å²) in [5.74, 6) is -4.25. The van der Waals surface area contributed by atoms with Crippen molar-refractivity contribution in [1.29, 1.82) is 0 Å². The normalized spacial score (nSPS) is 13.1. The van der Waals surface area contributed by atoms with Crippen molar-refractivity contribution < 1.29 is 44.0 Å². The topological polar surface area (TPSA) is 161 Å². The number of carbonyl (C=O) groups excluding carboxylic acids is 4. The van der Waals surface area contributed by atoms with Crippen molar-refractivity contribution in [2.75, 3.05) is 21.2 Å². The van der Waals surface area contributed by atoms with E-state index >= 15 is 0 Å². The molecule has 0 amide bonds. The van der Waals surface area contributed by atoms with E-state index in [0.29, 0.717) is 17.9 Å². The number of esters is 1. The van der Waals surface area contributed by atoms with Crippen LogP contribution in [0.3, 0.4) is 0 Å². The van der Waals surface area contributed by atoms with E-state index in [9.17, 15) is 34.5 Å². The molecule has 0 aliphatic carbocycles. The van der Waals surface area contributed by atoms with Crippen LogP contribution in [0.4, 0.5) is 0 Å². The van der Waals surface area contributed by atoms with Gasteiger partial charge in [0.15, 0.2) is 6.29 Å². The van der Waals surface area contributed by atoms with Crippen LogP contribution < -0.4 is 19.7 Å². The standard InChI is InChI=1S/C15H22N2O7.C8H7BrO2/c1-10(16(2)3)9-17-6-4-5-11(17)24-13(20)8-15(23,14(21)22)7-12(18)19;1-11-8-3-2-7(9)4-6(8)5-10/h4-6,10,23H,7-9H2,1-3H3,(H,18,19)(H,21,22);2-5H,1H3/p-2. The van der Waals surface area contributed by atoms with Gasteiger partial charge in [0.1, 0.15) is 11.4 Å². The highest BCUT2D eigenvalue weighted by Crippen LogP contribution is 2.21. The van der Waals surface area contributed by atoms with Crippen LogP contribution in [0.25, 0.3) is 0 Å². The number of aldehydes is 1. The van der Waals surface area contributed by atoms with E-state index in [1.807, 2.05) is 32.0 Å². The summed E-state index contributed by atoms with van der Waals surface area (Å²) >= 11 is 3.25. The molecule has 2 aromatic rings. The van der Waals surface area contributed by atoms with Crippen LogP contribution in [-0.4, -0.2) is 71.6 Å². The Bertz CT molecular complexity index is 1040. The third kappa shape index (κ3) is 9.51. The third-order valence-electron chi connectivity index (χ3n) is 4.92. The summed E-state index contributed by atoms with van der Waals surface area (Å²) in [7, 11) is 5.32. The number of aliphatic carboxylic acids is 2. The Morgan fingerprint density at radius 3 is 2.40 bits per heavy atom. The number of carboxylic acids is 2. The van der Waals surface area contributed by atoms with Gasteiger partial charge in [0.05, 0.1) is 25.1 Å². The van der Waals surface area contributed by atoms with Gasteiger partial charge in [0.25, 0.3) is 0 Å². The number of hydrogen-bond acceptors (Lipinski definition) is 10. The van der Waals surface area contributed by atoms with E-state index < -0.39 is 36.4 Å². The second-order valence-electron chi connectivity index (χ2n) is 7.83. The molecule has 0 saturated heterocycles. The van der Waals surface area contributed by atoms with E-state index in [0.717, 1.165) is 10.8 Å². The summed E-state index contributed by atoms with van der Waals surface area (Å²) in [6.07, 6.45) is 0.0964. The number of aromatic nitrogens is 1. The van der Waals surface area contributed by atoms with Gasteiger partial charge in [-0.3, -0.25) is 9.59 Å². The summed E-state index contributed by atoms with van der Waals surface area (Å²) in [6.45, 7) is 2.46. The molecule has 0 radical (unpaired) electrons. The smallest absolute Gasteiger partial charge is 0.315 e. The highest BCUT2D eigenvalue weighted by atomic mass is 79.9. The molecule has 2 atom stereocenters. The van der Waals surface area contributed by atoms with E-state index in [4.69, 9.17) is 9.47 Å². The van der Waals surface area contributed by atoms with Crippen LogP contribution in [-0.2, 0) is 20.9 Å². The van der Waals surface area contributed by atoms with Crippen molar-refractivity contribution in [3.05, 3.63) is 46.6 Å². The predicted molar refractivity (Wildman–Crippen MR) is 123 cm³/mol. The van der Waals surface area contributed by atoms with Crippen molar-refractivity contribution in [1.82, 2.24) is 9.47 Å². The number of methoxy groups -OCH3 is 1. The number of rotatable bonds is 11. The fourth-order valence-electron chi connectivity index (χ4n) is 2.72. The van der Waals surface area contributed by atoms with E-state index in [-0.39, 0.29) is 11.9 Å². The number of benzene rings is 1. The van der Waals surface area contributed by atoms with Crippen LogP contribution in [0.2, 0.25) is 0 Å². The van der Waals surface area contributed by atoms with E-state index in [2.05, 4.69) is 15.9 Å². The number of nitrogens with zero attached hydrogens (tertiary/aromatic N) is 2. The zero-order valence-electron chi connectivity index (χ0n) is 19.7. The highest BCUT2D eigenvalue weighted by molar-refractivity contribution is 9.10. The Balaban J connectivity index is 0.000000462. The molecule has 0 spiro atoms. The lowest BCUT2D eigenvalue weighted by atomic mass is 9.96. The first kappa shape index (κ1) is 29.8. The van der Waals surface area contributed by atoms with E-state index in [1.165, 1.54) is 13.2 Å². The van der Waals surface area contributed by atoms with Gasteiger partial charge >= 0.3 is 5.97 Å². The molecule has 35 heavy (non-hydrogen) atoms. The minimum atomic E-state index is -2.88. The lowest BCUT2D eigenvalue weighted by molar-refractivity contribution is -0.333. The molecule has 12 heteroatoms. The minimum absolute atomic E-state index is 0.132. The second-order valence-corrected chi connectivity index (χ2v) is 8.75. The summed E-state index contributed by atoms with van der Waals surface area (Å²) < 4.78 is 12.5. The Morgan fingerprint density at radius 1 is 1.23 bits per heavy atom. The average molecular weight is 555 g/mol. The zero-order chi connectivity index (χ0) is 26.8. The number of hydrogen-bond donors (Lipinski definition) is 1. The summed E-state index contributed by atoms with van der Waals surface area (Å²) in [6, 6.07) is 8.55. The van der Waals surface area contributed by atoms with E-state index in [1.54, 1.807) is 29.0 Å². The molecule has 2 unspecified atom stereocenters. The van der Waals surface area contributed by atoms with Gasteiger partial charge in [0, 0.05) is 41.7 Å². The van der Waals surface area contributed by atoms with Crippen LogP contribution in [0.5, 0.6) is 11.6 Å². The zero-order valence-corrected chi connectivity index (χ0v) is 21.3. The van der Waals surface area contributed by atoms with Gasteiger partial charge in [-0.25, -0.2) is 0 Å². The minimum Gasteiger partial charge on any atom is -0.550 e. The average Bonchev–Trinajstić information content (AvgIpc) is 3.19. The molecular formula is C23H27BrN2O9-2. The molecule has 1 aromatic heterocycles. The maximum absolute atomic E-state index is 11.9. The van der Waals surface area contributed by atoms with Gasteiger partial charge in [-0.2, -0.15) is 0 Å². The van der Waals surface area contributed by atoms with Crippen LogP contribution in [0, 0.1) is 0 Å². The highest BCUT2D eigenvalue weighted by Gasteiger charge is 2.33.